The number of carbonyl (C=O) groups excluding carboxylic acids is 2. The largest absolute Gasteiger partial charge is 0.352 e. The first kappa shape index (κ1) is 21.4. The number of nitrogens with zero attached hydrogens (tertiary/aromatic N) is 5. The van der Waals surface area contributed by atoms with Gasteiger partial charge in [0, 0.05) is 39.1 Å². The van der Waals surface area contributed by atoms with E-state index < -0.39 is 0 Å². The molecule has 0 spiro atoms. The van der Waals surface area contributed by atoms with Gasteiger partial charge in [-0.3, -0.25) is 9.59 Å². The summed E-state index contributed by atoms with van der Waals surface area (Å²) < 4.78 is 0. The molecule has 0 saturated carbocycles. The lowest BCUT2D eigenvalue weighted by Gasteiger charge is -2.37. The van der Waals surface area contributed by atoms with Crippen LogP contribution in [0.5, 0.6) is 0 Å². The van der Waals surface area contributed by atoms with E-state index in [1.54, 1.807) is 0 Å². The van der Waals surface area contributed by atoms with Crippen LogP contribution in [0.4, 0.5) is 5.82 Å². The highest BCUT2D eigenvalue weighted by Gasteiger charge is 2.39. The van der Waals surface area contributed by atoms with E-state index in [0.29, 0.717) is 39.1 Å². The second-order valence-corrected chi connectivity index (χ2v) is 8.97. The van der Waals surface area contributed by atoms with Crippen molar-refractivity contribution in [3.05, 3.63) is 65.9 Å². The van der Waals surface area contributed by atoms with Gasteiger partial charge in [-0.05, 0) is 31.5 Å². The van der Waals surface area contributed by atoms with Gasteiger partial charge in [0.05, 0.1) is 28.7 Å². The highest BCUT2D eigenvalue weighted by atomic mass is 16.2. The molecule has 1 aromatic heterocycles. The number of likely N-dealkylation sites (tertiary alicyclic amines) is 1. The van der Waals surface area contributed by atoms with Gasteiger partial charge in [0.2, 0.25) is 11.8 Å². The van der Waals surface area contributed by atoms with E-state index in [1.807, 2.05) is 78.2 Å². The normalized spacial score (nSPS) is 19.9. The van der Waals surface area contributed by atoms with Crippen molar-refractivity contribution in [1.82, 2.24) is 19.8 Å². The summed E-state index contributed by atoms with van der Waals surface area (Å²) in [6.07, 6.45) is 0.297. The number of aryl methyl sites for hydroxylation is 1. The van der Waals surface area contributed by atoms with Gasteiger partial charge in [-0.15, -0.1) is 0 Å². The molecule has 0 bridgehead atoms. The summed E-state index contributed by atoms with van der Waals surface area (Å²) in [5.41, 5.74) is 3.78. The molecule has 2 aliphatic rings. The van der Waals surface area contributed by atoms with Gasteiger partial charge < -0.3 is 14.7 Å². The smallest absolute Gasteiger partial charge is 0.228 e. The molecule has 2 amide bonds. The van der Waals surface area contributed by atoms with Crippen molar-refractivity contribution in [3.8, 4) is 0 Å². The fourth-order valence-corrected chi connectivity index (χ4v) is 4.96. The lowest BCUT2D eigenvalue weighted by atomic mass is 10.1. The minimum Gasteiger partial charge on any atom is -0.352 e. The highest BCUT2D eigenvalue weighted by molar-refractivity contribution is 5.89. The molecule has 2 aliphatic heterocycles. The Kier molecular flexibility index (Phi) is 5.70. The van der Waals surface area contributed by atoms with Gasteiger partial charge in [-0.25, -0.2) is 9.97 Å². The molecule has 5 rings (SSSR count). The third kappa shape index (κ3) is 4.15. The van der Waals surface area contributed by atoms with Crippen LogP contribution in [0.15, 0.2) is 54.6 Å². The Morgan fingerprint density at radius 1 is 0.939 bits per heavy atom. The number of carbonyl (C=O) groups is 2. The van der Waals surface area contributed by atoms with E-state index in [1.165, 1.54) is 0 Å². The monoisotopic (exact) mass is 443 g/mol. The maximum atomic E-state index is 13.2. The fraction of sp³-hybridized carbons (Fsp3) is 0.385. The van der Waals surface area contributed by atoms with Crippen LogP contribution in [0.2, 0.25) is 0 Å². The first-order valence-electron chi connectivity index (χ1n) is 11.6. The molecule has 0 N–H and O–H groups in total. The quantitative estimate of drug-likeness (QED) is 0.619. The average Bonchev–Trinajstić information content (AvgIpc) is 3.25. The van der Waals surface area contributed by atoms with E-state index in [2.05, 4.69) is 4.90 Å². The number of hydrogen-bond acceptors (Lipinski definition) is 5. The van der Waals surface area contributed by atoms with Gasteiger partial charge in [0.25, 0.3) is 0 Å². The van der Waals surface area contributed by atoms with Crippen LogP contribution in [0.1, 0.15) is 30.6 Å². The molecule has 3 heterocycles. The van der Waals surface area contributed by atoms with Crippen LogP contribution >= 0.6 is 0 Å². The summed E-state index contributed by atoms with van der Waals surface area (Å²) in [5.74, 6) is 0.773. The van der Waals surface area contributed by atoms with Gasteiger partial charge in [0.15, 0.2) is 5.82 Å². The van der Waals surface area contributed by atoms with Crippen molar-refractivity contribution in [3.63, 3.8) is 0 Å². The summed E-state index contributed by atoms with van der Waals surface area (Å²) in [6, 6.07) is 17.9. The van der Waals surface area contributed by atoms with Crippen molar-refractivity contribution in [2.45, 2.75) is 26.3 Å². The molecule has 3 aromatic rings. The van der Waals surface area contributed by atoms with Crippen LogP contribution in [0, 0.1) is 12.8 Å². The maximum Gasteiger partial charge on any atom is 0.228 e. The van der Waals surface area contributed by atoms with E-state index in [0.717, 1.165) is 28.1 Å². The maximum absolute atomic E-state index is 13.2. The van der Waals surface area contributed by atoms with Crippen LogP contribution in [-0.2, 0) is 9.59 Å². The van der Waals surface area contributed by atoms with Gasteiger partial charge in [-0.2, -0.15) is 0 Å². The molecule has 2 aromatic carbocycles. The summed E-state index contributed by atoms with van der Waals surface area (Å²) in [6.45, 7) is 7.19. The Balaban J connectivity index is 1.22. The molecule has 170 valence electrons. The summed E-state index contributed by atoms with van der Waals surface area (Å²) in [7, 11) is 0. The summed E-state index contributed by atoms with van der Waals surface area (Å²) >= 11 is 0. The molecule has 0 radical (unpaired) electrons. The van der Waals surface area contributed by atoms with Crippen molar-refractivity contribution in [1.29, 1.82) is 0 Å². The van der Waals surface area contributed by atoms with Crippen molar-refractivity contribution < 1.29 is 9.59 Å². The molecule has 7 heteroatoms. The number of amides is 2. The average molecular weight is 444 g/mol. The summed E-state index contributed by atoms with van der Waals surface area (Å²) in [5, 5.41) is 0. The Hall–Kier alpha value is -3.48. The predicted octanol–water partition coefficient (Wildman–Crippen LogP) is 3.20. The molecular weight excluding hydrogens is 414 g/mol. The lowest BCUT2D eigenvalue weighted by Crippen LogP contribution is -2.51. The highest BCUT2D eigenvalue weighted by Crippen LogP contribution is 2.30. The zero-order valence-electron chi connectivity index (χ0n) is 19.1. The molecule has 33 heavy (non-hydrogen) atoms. The lowest BCUT2D eigenvalue weighted by molar-refractivity contribution is -0.136. The Morgan fingerprint density at radius 3 is 2.27 bits per heavy atom. The van der Waals surface area contributed by atoms with E-state index in [-0.39, 0.29) is 23.8 Å². The Bertz CT molecular complexity index is 1170. The van der Waals surface area contributed by atoms with Gasteiger partial charge in [0.1, 0.15) is 0 Å². The number of hydrogen-bond donors (Lipinski definition) is 0. The second-order valence-electron chi connectivity index (χ2n) is 8.97. The third-order valence-electron chi connectivity index (χ3n) is 6.87. The number of benzene rings is 2. The minimum atomic E-state index is -0.266. The molecule has 7 nitrogen and oxygen atoms in total. The van der Waals surface area contributed by atoms with E-state index >= 15 is 0 Å². The third-order valence-corrected chi connectivity index (χ3v) is 6.87. The van der Waals surface area contributed by atoms with Gasteiger partial charge >= 0.3 is 0 Å². The molecule has 2 unspecified atom stereocenters. The fourth-order valence-electron chi connectivity index (χ4n) is 4.96. The number of anilines is 1. The summed E-state index contributed by atoms with van der Waals surface area (Å²) in [4.78, 5) is 41.4. The first-order chi connectivity index (χ1) is 16.0. The molecule has 0 aliphatic carbocycles. The topological polar surface area (TPSA) is 69.6 Å². The Labute approximate surface area is 194 Å². The second kappa shape index (κ2) is 8.81. The number of fused-ring (bicyclic) bond motifs is 1. The molecular formula is C26H29N5O2. The van der Waals surface area contributed by atoms with Crippen LogP contribution in [0.3, 0.4) is 0 Å². The molecule has 2 fully saturated rings. The van der Waals surface area contributed by atoms with Crippen LogP contribution in [-0.4, -0.2) is 64.3 Å². The molecule has 2 atom stereocenters. The number of para-hydroxylation sites is 2. The number of rotatable bonds is 4. The van der Waals surface area contributed by atoms with Gasteiger partial charge in [-0.1, -0.05) is 42.5 Å². The number of piperazine rings is 1. The zero-order valence-corrected chi connectivity index (χ0v) is 19.1. The Morgan fingerprint density at radius 2 is 1.58 bits per heavy atom. The van der Waals surface area contributed by atoms with Crippen molar-refractivity contribution in [2.24, 2.45) is 5.92 Å². The minimum absolute atomic E-state index is 0.0252. The van der Waals surface area contributed by atoms with E-state index in [4.69, 9.17) is 9.97 Å². The first-order valence-corrected chi connectivity index (χ1v) is 11.6. The van der Waals surface area contributed by atoms with Crippen molar-refractivity contribution >= 4 is 28.7 Å². The predicted molar refractivity (Wildman–Crippen MR) is 128 cm³/mol. The number of aromatic nitrogens is 2. The van der Waals surface area contributed by atoms with Crippen molar-refractivity contribution in [2.75, 3.05) is 37.6 Å². The van der Waals surface area contributed by atoms with Crippen LogP contribution in [0.25, 0.3) is 11.0 Å². The SMILES string of the molecule is Cc1nc2ccccc2nc1N1CCN(C(=O)C2CC(=O)N(C(C)c3ccccc3)C2)CC1. The molecule has 2 saturated heterocycles. The van der Waals surface area contributed by atoms with E-state index in [9.17, 15) is 9.59 Å². The van der Waals surface area contributed by atoms with Crippen LogP contribution < -0.4 is 4.90 Å². The zero-order chi connectivity index (χ0) is 22.9. The standard InChI is InChI=1S/C26H29N5O2/c1-18-25(28-23-11-7-6-10-22(23)27-18)29-12-14-30(15-13-29)26(33)21-16-24(32)31(17-21)19(2)20-8-4-3-5-9-20/h3-11,19,21H,12-17H2,1-2H3.